The van der Waals surface area contributed by atoms with Gasteiger partial charge in [0.05, 0.1) is 5.69 Å². The zero-order valence-electron chi connectivity index (χ0n) is 13.8. The number of benzene rings is 1. The molecule has 2 aromatic rings. The molecular weight excluding hydrogens is 288 g/mol. The van der Waals surface area contributed by atoms with Crippen molar-refractivity contribution in [2.75, 3.05) is 20.1 Å². The maximum atomic E-state index is 12.4. The van der Waals surface area contributed by atoms with Crippen molar-refractivity contribution in [3.8, 4) is 5.69 Å². The number of piperidine rings is 1. The number of aromatic nitrogens is 2. The summed E-state index contributed by atoms with van der Waals surface area (Å²) in [4.78, 5) is 19.0. The quantitative estimate of drug-likeness (QED) is 0.941. The van der Waals surface area contributed by atoms with Crippen LogP contribution in [0.4, 0.5) is 0 Å². The van der Waals surface area contributed by atoms with Crippen molar-refractivity contribution in [3.63, 3.8) is 0 Å². The molecule has 122 valence electrons. The molecule has 1 saturated heterocycles. The summed E-state index contributed by atoms with van der Waals surface area (Å²) in [5, 5.41) is 3.11. The monoisotopic (exact) mass is 312 g/mol. The molecule has 1 aromatic carbocycles. The van der Waals surface area contributed by atoms with Crippen LogP contribution in [-0.2, 0) is 11.3 Å². The fraction of sp³-hybridized carbons (Fsp3) is 0.444. The molecule has 0 saturated carbocycles. The Morgan fingerprint density at radius 2 is 2.04 bits per heavy atom. The van der Waals surface area contributed by atoms with Gasteiger partial charge in [-0.1, -0.05) is 18.2 Å². The average molecular weight is 312 g/mol. The first-order valence-electron chi connectivity index (χ1n) is 8.19. The number of hydrogen-bond donors (Lipinski definition) is 1. The van der Waals surface area contributed by atoms with Crippen LogP contribution >= 0.6 is 0 Å². The van der Waals surface area contributed by atoms with Gasteiger partial charge in [0.2, 0.25) is 5.91 Å². The van der Waals surface area contributed by atoms with Gasteiger partial charge in [-0.05, 0) is 51.5 Å². The number of imidazole rings is 1. The van der Waals surface area contributed by atoms with Crippen molar-refractivity contribution in [2.24, 2.45) is 5.92 Å². The van der Waals surface area contributed by atoms with Gasteiger partial charge in [-0.15, -0.1) is 0 Å². The zero-order valence-corrected chi connectivity index (χ0v) is 13.8. The van der Waals surface area contributed by atoms with Crippen LogP contribution in [0.3, 0.4) is 0 Å². The largest absolute Gasteiger partial charge is 0.352 e. The van der Waals surface area contributed by atoms with Gasteiger partial charge in [0, 0.05) is 24.9 Å². The lowest BCUT2D eigenvalue weighted by molar-refractivity contribution is -0.126. The van der Waals surface area contributed by atoms with E-state index in [0.717, 1.165) is 43.0 Å². The number of hydrogen-bond acceptors (Lipinski definition) is 3. The van der Waals surface area contributed by atoms with Crippen LogP contribution in [0.5, 0.6) is 0 Å². The van der Waals surface area contributed by atoms with E-state index in [-0.39, 0.29) is 11.8 Å². The molecular formula is C18H24N4O. The highest BCUT2D eigenvalue weighted by Crippen LogP contribution is 2.18. The van der Waals surface area contributed by atoms with E-state index in [2.05, 4.69) is 38.9 Å². The number of likely N-dealkylation sites (tertiary alicyclic amines) is 1. The van der Waals surface area contributed by atoms with Gasteiger partial charge in [-0.2, -0.15) is 0 Å². The Labute approximate surface area is 137 Å². The van der Waals surface area contributed by atoms with E-state index in [9.17, 15) is 4.79 Å². The molecule has 1 aliphatic rings. The Balaban J connectivity index is 1.67. The average Bonchev–Trinajstić information content (AvgIpc) is 2.99. The van der Waals surface area contributed by atoms with E-state index in [1.54, 1.807) is 6.20 Å². The molecule has 0 aliphatic carbocycles. The summed E-state index contributed by atoms with van der Waals surface area (Å²) in [6, 6.07) is 8.14. The van der Waals surface area contributed by atoms with Crippen LogP contribution in [0.2, 0.25) is 0 Å². The highest BCUT2D eigenvalue weighted by Gasteiger charge is 2.23. The molecule has 0 atom stereocenters. The summed E-state index contributed by atoms with van der Waals surface area (Å²) >= 11 is 0. The Hall–Kier alpha value is -2.14. The third-order valence-corrected chi connectivity index (χ3v) is 4.62. The SMILES string of the molecule is Cc1nccn1-c1ccccc1CNC(=O)C1CCN(C)CC1. The molecule has 2 heterocycles. The van der Waals surface area contributed by atoms with E-state index in [1.165, 1.54) is 0 Å². The Kier molecular flexibility index (Phi) is 4.76. The molecule has 1 aromatic heterocycles. The normalized spacial score (nSPS) is 16.4. The molecule has 5 nitrogen and oxygen atoms in total. The third-order valence-electron chi connectivity index (χ3n) is 4.62. The summed E-state index contributed by atoms with van der Waals surface area (Å²) in [5.41, 5.74) is 2.18. The minimum Gasteiger partial charge on any atom is -0.352 e. The maximum absolute atomic E-state index is 12.4. The second-order valence-corrected chi connectivity index (χ2v) is 6.27. The van der Waals surface area contributed by atoms with Crippen LogP contribution in [0, 0.1) is 12.8 Å². The van der Waals surface area contributed by atoms with E-state index < -0.39 is 0 Å². The Morgan fingerprint density at radius 1 is 1.30 bits per heavy atom. The van der Waals surface area contributed by atoms with Gasteiger partial charge in [-0.25, -0.2) is 4.98 Å². The summed E-state index contributed by atoms with van der Waals surface area (Å²) in [6.45, 7) is 4.54. The number of amides is 1. The molecule has 5 heteroatoms. The molecule has 23 heavy (non-hydrogen) atoms. The standard InChI is InChI=1S/C18H24N4O/c1-14-19-9-12-22(14)17-6-4-3-5-16(17)13-20-18(23)15-7-10-21(2)11-8-15/h3-6,9,12,15H,7-8,10-11,13H2,1-2H3,(H,20,23). The van der Waals surface area contributed by atoms with Crippen LogP contribution in [0.25, 0.3) is 5.69 Å². The van der Waals surface area contributed by atoms with Crippen LogP contribution in [0.1, 0.15) is 24.2 Å². The summed E-state index contributed by atoms with van der Waals surface area (Å²) in [5.74, 6) is 1.27. The molecule has 1 fully saturated rings. The first kappa shape index (κ1) is 15.7. The molecule has 1 N–H and O–H groups in total. The van der Waals surface area contributed by atoms with Crippen molar-refractivity contribution in [1.82, 2.24) is 19.8 Å². The fourth-order valence-electron chi connectivity index (χ4n) is 3.13. The molecule has 1 amide bonds. The van der Waals surface area contributed by atoms with Crippen LogP contribution in [0.15, 0.2) is 36.7 Å². The lowest BCUT2D eigenvalue weighted by Gasteiger charge is -2.28. The highest BCUT2D eigenvalue weighted by molar-refractivity contribution is 5.78. The van der Waals surface area contributed by atoms with Crippen LogP contribution in [-0.4, -0.2) is 40.5 Å². The number of nitrogens with one attached hydrogen (secondary N) is 1. The van der Waals surface area contributed by atoms with Gasteiger partial charge in [0.15, 0.2) is 0 Å². The van der Waals surface area contributed by atoms with Gasteiger partial charge in [0.25, 0.3) is 0 Å². The van der Waals surface area contributed by atoms with E-state index in [4.69, 9.17) is 0 Å². The van der Waals surface area contributed by atoms with E-state index in [1.807, 2.05) is 25.3 Å². The summed E-state index contributed by atoms with van der Waals surface area (Å²) in [7, 11) is 2.11. The first-order valence-corrected chi connectivity index (χ1v) is 8.19. The Bertz CT molecular complexity index is 671. The predicted molar refractivity (Wildman–Crippen MR) is 90.4 cm³/mol. The number of nitrogens with zero attached hydrogens (tertiary/aromatic N) is 3. The van der Waals surface area contributed by atoms with Crippen molar-refractivity contribution >= 4 is 5.91 Å². The van der Waals surface area contributed by atoms with E-state index >= 15 is 0 Å². The summed E-state index contributed by atoms with van der Waals surface area (Å²) < 4.78 is 2.05. The third kappa shape index (κ3) is 3.62. The minimum atomic E-state index is 0.147. The topological polar surface area (TPSA) is 50.2 Å². The molecule has 0 unspecified atom stereocenters. The zero-order chi connectivity index (χ0) is 16.2. The number of aryl methyl sites for hydroxylation is 1. The number of carbonyl (C=O) groups is 1. The van der Waals surface area contributed by atoms with Gasteiger partial charge in [0.1, 0.15) is 5.82 Å². The van der Waals surface area contributed by atoms with Crippen molar-refractivity contribution in [1.29, 1.82) is 0 Å². The molecule has 0 radical (unpaired) electrons. The van der Waals surface area contributed by atoms with Crippen molar-refractivity contribution < 1.29 is 4.79 Å². The Morgan fingerprint density at radius 3 is 2.74 bits per heavy atom. The van der Waals surface area contributed by atoms with Gasteiger partial charge < -0.3 is 14.8 Å². The number of rotatable bonds is 4. The predicted octanol–water partition coefficient (Wildman–Crippen LogP) is 2.14. The number of carbonyl (C=O) groups excluding carboxylic acids is 1. The second kappa shape index (κ2) is 6.96. The lowest BCUT2D eigenvalue weighted by atomic mass is 9.96. The number of para-hydroxylation sites is 1. The molecule has 0 spiro atoms. The summed E-state index contributed by atoms with van der Waals surface area (Å²) in [6.07, 6.45) is 5.64. The van der Waals surface area contributed by atoms with Gasteiger partial charge in [-0.3, -0.25) is 4.79 Å². The van der Waals surface area contributed by atoms with Crippen molar-refractivity contribution in [2.45, 2.75) is 26.3 Å². The lowest BCUT2D eigenvalue weighted by Crippen LogP contribution is -2.38. The van der Waals surface area contributed by atoms with E-state index in [0.29, 0.717) is 6.54 Å². The van der Waals surface area contributed by atoms with Crippen molar-refractivity contribution in [3.05, 3.63) is 48.0 Å². The molecule has 0 bridgehead atoms. The maximum Gasteiger partial charge on any atom is 0.223 e. The minimum absolute atomic E-state index is 0.147. The van der Waals surface area contributed by atoms with Gasteiger partial charge >= 0.3 is 0 Å². The van der Waals surface area contributed by atoms with Crippen LogP contribution < -0.4 is 5.32 Å². The molecule has 1 aliphatic heterocycles. The second-order valence-electron chi connectivity index (χ2n) is 6.27. The molecule has 3 rings (SSSR count). The first-order chi connectivity index (χ1) is 11.1. The highest BCUT2D eigenvalue weighted by atomic mass is 16.1. The fourth-order valence-corrected chi connectivity index (χ4v) is 3.13. The smallest absolute Gasteiger partial charge is 0.223 e.